The Hall–Kier alpha value is -2.84. The predicted octanol–water partition coefficient (Wildman–Crippen LogP) is 4.17. The molecule has 1 fully saturated rings. The Kier molecular flexibility index (Phi) is 6.06. The van der Waals surface area contributed by atoms with E-state index < -0.39 is 0 Å². The zero-order chi connectivity index (χ0) is 21.1. The van der Waals surface area contributed by atoms with Gasteiger partial charge in [0.1, 0.15) is 0 Å². The summed E-state index contributed by atoms with van der Waals surface area (Å²) in [5.41, 5.74) is 6.82. The maximum absolute atomic E-state index is 4.53. The highest BCUT2D eigenvalue weighted by molar-refractivity contribution is 7.17. The zero-order valence-corrected chi connectivity index (χ0v) is 18.6. The lowest BCUT2D eigenvalue weighted by Crippen LogP contribution is -2.12. The van der Waals surface area contributed by atoms with Crippen molar-refractivity contribution in [1.82, 2.24) is 30.3 Å². The highest BCUT2D eigenvalue weighted by atomic mass is 32.1. The number of benzene rings is 1. The molecule has 0 bridgehead atoms. The van der Waals surface area contributed by atoms with Gasteiger partial charge in [-0.3, -0.25) is 5.10 Å². The third-order valence-corrected chi connectivity index (χ3v) is 6.16. The number of likely N-dealkylation sites (tertiary alicyclic amines) is 1. The summed E-state index contributed by atoms with van der Waals surface area (Å²) in [6, 6.07) is 8.10. The number of nitrogens with zero attached hydrogens (tertiary/aromatic N) is 6. The molecular weight excluding hydrogens is 394 g/mol. The number of aromatic amines is 1. The van der Waals surface area contributed by atoms with Crippen LogP contribution in [0.1, 0.15) is 13.3 Å². The topological polar surface area (TPSA) is 73.8 Å². The lowest BCUT2D eigenvalue weighted by Gasteiger charge is -2.10. The van der Waals surface area contributed by atoms with Gasteiger partial charge in [0.05, 0.1) is 27.6 Å². The average Bonchev–Trinajstić information content (AvgIpc) is 3.50. The quantitative estimate of drug-likeness (QED) is 0.535. The van der Waals surface area contributed by atoms with Gasteiger partial charge in [0.2, 0.25) is 0 Å². The van der Waals surface area contributed by atoms with Crippen molar-refractivity contribution in [1.29, 1.82) is 0 Å². The van der Waals surface area contributed by atoms with Crippen molar-refractivity contribution >= 4 is 27.4 Å². The van der Waals surface area contributed by atoms with Crippen LogP contribution in [0.2, 0.25) is 0 Å². The number of aromatic nitrogens is 5. The van der Waals surface area contributed by atoms with E-state index in [1.165, 1.54) is 19.5 Å². The Morgan fingerprint density at radius 1 is 1.13 bits per heavy atom. The number of rotatable bonds is 3. The van der Waals surface area contributed by atoms with Gasteiger partial charge < -0.3 is 9.80 Å². The fourth-order valence-electron chi connectivity index (χ4n) is 3.65. The molecule has 4 heterocycles. The molecule has 1 aliphatic rings. The Balaban J connectivity index is 0.000000265. The first-order valence-corrected chi connectivity index (χ1v) is 11.0. The van der Waals surface area contributed by atoms with E-state index in [-0.39, 0.29) is 0 Å². The molecule has 30 heavy (non-hydrogen) atoms. The SMILES string of the molecule is CC1CCN(C)C1.CN(C)c1ccc(-c2ccc(-c3cn[nH]c3)c3ncsc23)nn1. The van der Waals surface area contributed by atoms with Crippen molar-refractivity contribution in [3.05, 3.63) is 42.2 Å². The number of fused-ring (bicyclic) bond motifs is 1. The number of nitrogens with one attached hydrogen (secondary N) is 1. The van der Waals surface area contributed by atoms with E-state index in [1.807, 2.05) is 42.8 Å². The summed E-state index contributed by atoms with van der Waals surface area (Å²) in [6.45, 7) is 4.92. The van der Waals surface area contributed by atoms with Crippen LogP contribution in [0, 0.1) is 5.92 Å². The molecule has 1 N–H and O–H groups in total. The van der Waals surface area contributed by atoms with Crippen molar-refractivity contribution < 1.29 is 0 Å². The Labute approximate surface area is 180 Å². The van der Waals surface area contributed by atoms with Crippen molar-refractivity contribution in [2.45, 2.75) is 13.3 Å². The maximum atomic E-state index is 4.53. The lowest BCUT2D eigenvalue weighted by molar-refractivity contribution is 0.402. The summed E-state index contributed by atoms with van der Waals surface area (Å²) < 4.78 is 1.11. The number of anilines is 1. The molecule has 7 nitrogen and oxygen atoms in total. The second-order valence-electron chi connectivity index (χ2n) is 8.01. The average molecular weight is 422 g/mol. The van der Waals surface area contributed by atoms with Crippen molar-refractivity contribution in [2.24, 2.45) is 5.92 Å². The zero-order valence-electron chi connectivity index (χ0n) is 17.8. The third kappa shape index (κ3) is 4.34. The van der Waals surface area contributed by atoms with Gasteiger partial charge in [-0.15, -0.1) is 21.5 Å². The molecule has 0 saturated carbocycles. The standard InChI is InChI=1S/C16H14N6S.C6H13N/c1-22(2)14-6-5-13(20-21-14)12-4-3-11(10-7-18-19-8-10)15-16(12)23-9-17-15;1-6-3-4-7(2)5-6/h3-9H,1-2H3,(H,18,19);6H,3-5H2,1-2H3. The van der Waals surface area contributed by atoms with Crippen LogP contribution in [0.4, 0.5) is 5.82 Å². The highest BCUT2D eigenvalue weighted by Crippen LogP contribution is 2.36. The molecule has 0 aliphatic carbocycles. The number of H-pyrrole nitrogens is 1. The van der Waals surface area contributed by atoms with Gasteiger partial charge >= 0.3 is 0 Å². The molecule has 1 saturated heterocycles. The number of hydrogen-bond acceptors (Lipinski definition) is 7. The van der Waals surface area contributed by atoms with E-state index >= 15 is 0 Å². The molecule has 156 valence electrons. The fraction of sp³-hybridized carbons (Fsp3) is 0.364. The van der Waals surface area contributed by atoms with E-state index in [0.29, 0.717) is 0 Å². The highest BCUT2D eigenvalue weighted by Gasteiger charge is 2.14. The minimum atomic E-state index is 0.837. The van der Waals surface area contributed by atoms with Gasteiger partial charge in [0.25, 0.3) is 0 Å². The molecular formula is C22H27N7S. The van der Waals surface area contributed by atoms with Crippen molar-refractivity contribution in [2.75, 3.05) is 39.1 Å². The normalized spacial score (nSPS) is 16.5. The van der Waals surface area contributed by atoms with Crippen LogP contribution >= 0.6 is 11.3 Å². The predicted molar refractivity (Wildman–Crippen MR) is 124 cm³/mol. The third-order valence-electron chi connectivity index (χ3n) is 5.30. The second kappa shape index (κ2) is 8.89. The van der Waals surface area contributed by atoms with Crippen LogP contribution < -0.4 is 4.90 Å². The first kappa shape index (κ1) is 20.4. The molecule has 3 aromatic heterocycles. The number of thiazole rings is 1. The summed E-state index contributed by atoms with van der Waals surface area (Å²) in [5.74, 6) is 1.79. The fourth-order valence-corrected chi connectivity index (χ4v) is 4.48. The van der Waals surface area contributed by atoms with E-state index in [4.69, 9.17) is 0 Å². The first-order chi connectivity index (χ1) is 14.5. The summed E-state index contributed by atoms with van der Waals surface area (Å²) >= 11 is 1.61. The summed E-state index contributed by atoms with van der Waals surface area (Å²) in [7, 11) is 6.08. The summed E-state index contributed by atoms with van der Waals surface area (Å²) in [4.78, 5) is 8.84. The molecule has 1 aliphatic heterocycles. The van der Waals surface area contributed by atoms with Gasteiger partial charge in [0.15, 0.2) is 5.82 Å². The molecule has 1 unspecified atom stereocenters. The molecule has 0 radical (unpaired) electrons. The Morgan fingerprint density at radius 2 is 1.97 bits per heavy atom. The van der Waals surface area contributed by atoms with Crippen molar-refractivity contribution in [3.8, 4) is 22.4 Å². The summed E-state index contributed by atoms with van der Waals surface area (Å²) in [6.07, 6.45) is 5.08. The molecule has 4 aromatic rings. The van der Waals surface area contributed by atoms with E-state index in [0.717, 1.165) is 44.3 Å². The van der Waals surface area contributed by atoms with E-state index in [1.54, 1.807) is 17.5 Å². The van der Waals surface area contributed by atoms with Crippen molar-refractivity contribution in [3.63, 3.8) is 0 Å². The minimum absolute atomic E-state index is 0.837. The smallest absolute Gasteiger partial charge is 0.150 e. The maximum Gasteiger partial charge on any atom is 0.150 e. The van der Waals surface area contributed by atoms with Crippen LogP contribution in [0.3, 0.4) is 0 Å². The molecule has 1 aromatic carbocycles. The molecule has 0 amide bonds. The van der Waals surface area contributed by atoms with Crippen LogP contribution in [0.15, 0.2) is 42.2 Å². The minimum Gasteiger partial charge on any atom is -0.361 e. The Morgan fingerprint density at radius 3 is 2.53 bits per heavy atom. The van der Waals surface area contributed by atoms with E-state index in [9.17, 15) is 0 Å². The van der Waals surface area contributed by atoms with Crippen LogP contribution in [0.5, 0.6) is 0 Å². The van der Waals surface area contributed by atoms with E-state index in [2.05, 4.69) is 56.4 Å². The Bertz CT molecular complexity index is 1080. The largest absolute Gasteiger partial charge is 0.361 e. The number of hydrogen-bond donors (Lipinski definition) is 1. The molecule has 5 rings (SSSR count). The van der Waals surface area contributed by atoms with Gasteiger partial charge in [0, 0.05) is 43.5 Å². The van der Waals surface area contributed by atoms with Gasteiger partial charge in [-0.1, -0.05) is 19.1 Å². The lowest BCUT2D eigenvalue weighted by atomic mass is 10.0. The van der Waals surface area contributed by atoms with Gasteiger partial charge in [-0.25, -0.2) is 4.98 Å². The molecule has 0 spiro atoms. The molecule has 8 heteroatoms. The van der Waals surface area contributed by atoms with Crippen LogP contribution in [-0.2, 0) is 0 Å². The monoisotopic (exact) mass is 421 g/mol. The molecule has 1 atom stereocenters. The second-order valence-corrected chi connectivity index (χ2v) is 8.86. The van der Waals surface area contributed by atoms with Crippen LogP contribution in [0.25, 0.3) is 32.6 Å². The first-order valence-electron chi connectivity index (χ1n) is 10.1. The van der Waals surface area contributed by atoms with Gasteiger partial charge in [-0.05, 0) is 38.1 Å². The van der Waals surface area contributed by atoms with Gasteiger partial charge in [-0.2, -0.15) is 5.10 Å². The van der Waals surface area contributed by atoms with Crippen LogP contribution in [-0.4, -0.2) is 64.5 Å². The summed E-state index contributed by atoms with van der Waals surface area (Å²) in [5, 5.41) is 15.5.